The van der Waals surface area contributed by atoms with E-state index in [2.05, 4.69) is 12.2 Å². The lowest BCUT2D eigenvalue weighted by Gasteiger charge is -2.28. The summed E-state index contributed by atoms with van der Waals surface area (Å²) in [6, 6.07) is 8.26. The highest BCUT2D eigenvalue weighted by Crippen LogP contribution is 2.17. The summed E-state index contributed by atoms with van der Waals surface area (Å²) >= 11 is 0. The fraction of sp³-hybridized carbons (Fsp3) is 0.538. The minimum atomic E-state index is 0.265. The molecule has 0 saturated carbocycles. The van der Waals surface area contributed by atoms with Crippen LogP contribution >= 0.6 is 0 Å². The predicted octanol–water partition coefficient (Wildman–Crippen LogP) is 1.45. The average molecular weight is 237 g/mol. The monoisotopic (exact) mass is 237 g/mol. The molecule has 1 aromatic carbocycles. The fourth-order valence-corrected chi connectivity index (χ4v) is 1.85. The smallest absolute Gasteiger partial charge is 0.119 e. The number of benzene rings is 1. The third-order valence-corrected chi connectivity index (χ3v) is 2.72. The van der Waals surface area contributed by atoms with Crippen molar-refractivity contribution in [3.63, 3.8) is 0 Å². The minimum absolute atomic E-state index is 0.265. The van der Waals surface area contributed by atoms with Crippen molar-refractivity contribution in [3.05, 3.63) is 24.3 Å². The highest BCUT2D eigenvalue weighted by Gasteiger charge is 2.18. The van der Waals surface area contributed by atoms with E-state index >= 15 is 0 Å². The van der Waals surface area contributed by atoms with E-state index in [1.165, 1.54) is 0 Å². The van der Waals surface area contributed by atoms with Gasteiger partial charge in [0.1, 0.15) is 18.1 Å². The average Bonchev–Trinajstić information content (AvgIpc) is 2.37. The molecular weight excluding hydrogens is 218 g/mol. The third kappa shape index (κ3) is 3.61. The van der Waals surface area contributed by atoms with Crippen molar-refractivity contribution in [2.24, 2.45) is 0 Å². The Morgan fingerprint density at radius 3 is 2.59 bits per heavy atom. The van der Waals surface area contributed by atoms with Crippen LogP contribution in [0.3, 0.4) is 0 Å². The number of methoxy groups -OCH3 is 1. The molecule has 1 heterocycles. The largest absolute Gasteiger partial charge is 0.497 e. The molecule has 0 bridgehead atoms. The molecule has 1 fully saturated rings. The van der Waals surface area contributed by atoms with Gasteiger partial charge in [0.25, 0.3) is 0 Å². The summed E-state index contributed by atoms with van der Waals surface area (Å²) in [5.41, 5.74) is 0. The Hall–Kier alpha value is -1.26. The van der Waals surface area contributed by atoms with Gasteiger partial charge in [0.05, 0.1) is 26.4 Å². The maximum Gasteiger partial charge on any atom is 0.119 e. The number of hydrogen-bond acceptors (Lipinski definition) is 4. The van der Waals surface area contributed by atoms with E-state index in [-0.39, 0.29) is 6.04 Å². The van der Waals surface area contributed by atoms with E-state index in [0.29, 0.717) is 19.3 Å². The van der Waals surface area contributed by atoms with Gasteiger partial charge in [0, 0.05) is 6.04 Å². The molecule has 17 heavy (non-hydrogen) atoms. The third-order valence-electron chi connectivity index (χ3n) is 2.72. The summed E-state index contributed by atoms with van der Waals surface area (Å²) in [5.74, 6) is 1.69. The Morgan fingerprint density at radius 1 is 1.24 bits per heavy atom. The summed E-state index contributed by atoms with van der Waals surface area (Å²) in [4.78, 5) is 0. The molecule has 1 aromatic rings. The fourth-order valence-electron chi connectivity index (χ4n) is 1.85. The van der Waals surface area contributed by atoms with Crippen molar-refractivity contribution in [1.82, 2.24) is 5.32 Å². The van der Waals surface area contributed by atoms with Crippen LogP contribution in [0, 0.1) is 0 Å². The molecule has 0 aliphatic carbocycles. The van der Waals surface area contributed by atoms with Crippen LogP contribution < -0.4 is 14.8 Å². The van der Waals surface area contributed by atoms with Crippen LogP contribution in [0.2, 0.25) is 0 Å². The quantitative estimate of drug-likeness (QED) is 0.860. The highest BCUT2D eigenvalue weighted by molar-refractivity contribution is 5.31. The van der Waals surface area contributed by atoms with Crippen molar-refractivity contribution in [3.8, 4) is 11.5 Å². The lowest BCUT2D eigenvalue weighted by molar-refractivity contribution is 0.0353. The topological polar surface area (TPSA) is 39.7 Å². The molecule has 94 valence electrons. The lowest BCUT2D eigenvalue weighted by atomic mass is 10.2. The van der Waals surface area contributed by atoms with Gasteiger partial charge in [-0.25, -0.2) is 0 Å². The van der Waals surface area contributed by atoms with Gasteiger partial charge >= 0.3 is 0 Å². The Morgan fingerprint density at radius 2 is 1.94 bits per heavy atom. The number of hydrogen-bond donors (Lipinski definition) is 1. The zero-order valence-electron chi connectivity index (χ0n) is 10.3. The van der Waals surface area contributed by atoms with E-state index in [9.17, 15) is 0 Å². The zero-order valence-corrected chi connectivity index (χ0v) is 10.3. The first-order valence-electron chi connectivity index (χ1n) is 5.88. The highest BCUT2D eigenvalue weighted by atomic mass is 16.5. The van der Waals surface area contributed by atoms with Gasteiger partial charge in [-0.1, -0.05) is 0 Å². The molecule has 1 aliphatic heterocycles. The number of morpholine rings is 1. The Balaban J connectivity index is 1.80. The second-order valence-corrected chi connectivity index (χ2v) is 4.29. The van der Waals surface area contributed by atoms with E-state index in [0.717, 1.165) is 18.1 Å². The summed E-state index contributed by atoms with van der Waals surface area (Å²) in [5, 5.41) is 3.43. The van der Waals surface area contributed by atoms with Gasteiger partial charge in [0.2, 0.25) is 0 Å². The summed E-state index contributed by atoms with van der Waals surface area (Å²) in [7, 11) is 1.65. The van der Waals surface area contributed by atoms with E-state index in [4.69, 9.17) is 14.2 Å². The number of nitrogens with one attached hydrogen (secondary N) is 1. The van der Waals surface area contributed by atoms with Crippen molar-refractivity contribution < 1.29 is 14.2 Å². The van der Waals surface area contributed by atoms with Crippen LogP contribution in [0.5, 0.6) is 11.5 Å². The van der Waals surface area contributed by atoms with Crippen LogP contribution in [0.25, 0.3) is 0 Å². The Bertz CT molecular complexity index is 339. The maximum absolute atomic E-state index is 5.70. The molecule has 1 aliphatic rings. The molecule has 4 nitrogen and oxygen atoms in total. The molecule has 4 heteroatoms. The molecule has 2 atom stereocenters. The zero-order chi connectivity index (χ0) is 12.1. The van der Waals surface area contributed by atoms with E-state index < -0.39 is 0 Å². The van der Waals surface area contributed by atoms with Gasteiger partial charge in [-0.05, 0) is 31.2 Å². The van der Waals surface area contributed by atoms with Gasteiger partial charge < -0.3 is 19.5 Å². The Kier molecular flexibility index (Phi) is 4.23. The van der Waals surface area contributed by atoms with Crippen molar-refractivity contribution in [2.45, 2.75) is 19.0 Å². The first-order chi connectivity index (χ1) is 8.28. The van der Waals surface area contributed by atoms with Crippen molar-refractivity contribution >= 4 is 0 Å². The summed E-state index contributed by atoms with van der Waals surface area (Å²) in [6.45, 7) is 4.22. The molecule has 0 aromatic heterocycles. The van der Waals surface area contributed by atoms with Crippen LogP contribution in [0.1, 0.15) is 6.92 Å². The predicted molar refractivity (Wildman–Crippen MR) is 65.7 cm³/mol. The minimum Gasteiger partial charge on any atom is -0.497 e. The first-order valence-corrected chi connectivity index (χ1v) is 5.88. The molecule has 0 radical (unpaired) electrons. The van der Waals surface area contributed by atoms with Gasteiger partial charge in [0.15, 0.2) is 0 Å². The molecule has 2 unspecified atom stereocenters. The molecule has 0 amide bonds. The SMILES string of the molecule is COc1ccc(OCC2COCC(C)N2)cc1. The lowest BCUT2D eigenvalue weighted by Crippen LogP contribution is -2.50. The van der Waals surface area contributed by atoms with Crippen LogP contribution in [-0.2, 0) is 4.74 Å². The molecular formula is C13H19NO3. The summed E-state index contributed by atoms with van der Waals surface area (Å²) < 4.78 is 16.2. The normalized spacial score (nSPS) is 24.4. The summed E-state index contributed by atoms with van der Waals surface area (Å²) in [6.07, 6.45) is 0. The van der Waals surface area contributed by atoms with Crippen molar-refractivity contribution in [2.75, 3.05) is 26.9 Å². The molecule has 0 spiro atoms. The van der Waals surface area contributed by atoms with Crippen LogP contribution in [-0.4, -0.2) is 39.0 Å². The molecule has 1 N–H and O–H groups in total. The second kappa shape index (κ2) is 5.89. The van der Waals surface area contributed by atoms with Crippen LogP contribution in [0.4, 0.5) is 0 Å². The molecule has 2 rings (SSSR count). The maximum atomic E-state index is 5.70. The van der Waals surface area contributed by atoms with Crippen LogP contribution in [0.15, 0.2) is 24.3 Å². The number of rotatable bonds is 4. The second-order valence-electron chi connectivity index (χ2n) is 4.29. The van der Waals surface area contributed by atoms with Crippen molar-refractivity contribution in [1.29, 1.82) is 0 Å². The van der Waals surface area contributed by atoms with Gasteiger partial charge in [-0.2, -0.15) is 0 Å². The van der Waals surface area contributed by atoms with Gasteiger partial charge in [-0.3, -0.25) is 0 Å². The number of ether oxygens (including phenoxy) is 3. The first kappa shape index (κ1) is 12.2. The van der Waals surface area contributed by atoms with Gasteiger partial charge in [-0.15, -0.1) is 0 Å². The molecule has 1 saturated heterocycles. The van der Waals surface area contributed by atoms with E-state index in [1.54, 1.807) is 7.11 Å². The standard InChI is InChI=1S/C13H19NO3/c1-10-7-16-8-11(14-10)9-17-13-5-3-12(15-2)4-6-13/h3-6,10-11,14H,7-9H2,1-2H3. The Labute approximate surface area is 102 Å². The van der Waals surface area contributed by atoms with E-state index in [1.807, 2.05) is 24.3 Å².